The van der Waals surface area contributed by atoms with Gasteiger partial charge >= 0.3 is 5.97 Å². The van der Waals surface area contributed by atoms with Crippen molar-refractivity contribution >= 4 is 5.97 Å². The Balaban J connectivity index is 1.74. The Morgan fingerprint density at radius 2 is 1.48 bits per heavy atom. The van der Waals surface area contributed by atoms with Crippen molar-refractivity contribution in [3.8, 4) is 0 Å². The molecule has 0 aromatic heterocycles. The summed E-state index contributed by atoms with van der Waals surface area (Å²) in [6, 6.07) is 0. The summed E-state index contributed by atoms with van der Waals surface area (Å²) in [5.74, 6) is -9.51. The highest BCUT2D eigenvalue weighted by atomic mass is 16.7. The standard InChI is InChI=1S/C43H72O22/c1-6-21(48)35(56)43(60,19-47)65-34(33(23(50)10-15-45)63-36(57)31(54)28(51)22(49)9-14-44)37(58)61-24-16-27-40(3,17-20(24)2)13-8-26-41(27,4)11-7-12-42(26,5)39(59)64-38-32(55)30(53)29(52)25(18-46)62-38/h21-27,29-30,32,35-38,44-58,60H,2,6-19H2,1,3-5H3/b31-28-,34-33-/t21?,22?,23?,24?,25?,26?,27-,29?,30?,32?,35?,36?,37?,38?,40-,41-,42-,43?/m1/s1. The van der Waals surface area contributed by atoms with Crippen LogP contribution in [-0.2, 0) is 28.5 Å². The highest BCUT2D eigenvalue weighted by molar-refractivity contribution is 5.77. The van der Waals surface area contributed by atoms with Gasteiger partial charge in [0.05, 0.1) is 24.2 Å². The Bertz CT molecular complexity index is 1670. The zero-order chi connectivity index (χ0) is 49.0. The Kier molecular flexibility index (Phi) is 18.7. The first kappa shape index (κ1) is 54.9. The molecule has 65 heavy (non-hydrogen) atoms. The van der Waals surface area contributed by atoms with Gasteiger partial charge in [-0.1, -0.05) is 33.8 Å². The van der Waals surface area contributed by atoms with E-state index in [0.29, 0.717) is 44.1 Å². The number of rotatable bonds is 21. The third-order valence-electron chi connectivity index (χ3n) is 14.4. The summed E-state index contributed by atoms with van der Waals surface area (Å²) in [4.78, 5) is 14.2. The van der Waals surface area contributed by atoms with Crippen LogP contribution in [0.5, 0.6) is 0 Å². The number of ether oxygens (including phenoxy) is 5. The molecule has 376 valence electrons. The molecule has 14 unspecified atom stereocenters. The van der Waals surface area contributed by atoms with Crippen molar-refractivity contribution < 1.29 is 110 Å². The van der Waals surface area contributed by atoms with E-state index in [9.17, 15) is 81.4 Å². The van der Waals surface area contributed by atoms with E-state index in [1.54, 1.807) is 6.92 Å². The second kappa shape index (κ2) is 22.1. The highest BCUT2D eigenvalue weighted by Crippen LogP contribution is 2.68. The summed E-state index contributed by atoms with van der Waals surface area (Å²) in [5.41, 5.74) is -1.79. The molecule has 16 N–H and O–H groups in total. The number of aliphatic hydroxyl groups excluding tert-OH is 15. The summed E-state index contributed by atoms with van der Waals surface area (Å²) < 4.78 is 28.3. The fourth-order valence-electron chi connectivity index (χ4n) is 10.6. The maximum absolute atomic E-state index is 14.2. The maximum Gasteiger partial charge on any atom is 0.314 e. The van der Waals surface area contributed by atoms with Gasteiger partial charge in [0, 0.05) is 26.1 Å². The second-order valence-electron chi connectivity index (χ2n) is 18.8. The van der Waals surface area contributed by atoms with Crippen molar-refractivity contribution in [3.63, 3.8) is 0 Å². The van der Waals surface area contributed by atoms with Crippen LogP contribution in [0.25, 0.3) is 0 Å². The Labute approximate surface area is 376 Å². The van der Waals surface area contributed by atoms with Gasteiger partial charge in [-0.3, -0.25) is 4.79 Å². The van der Waals surface area contributed by atoms with Crippen LogP contribution in [0.4, 0.5) is 0 Å². The van der Waals surface area contributed by atoms with Gasteiger partial charge in [0.25, 0.3) is 12.1 Å². The predicted octanol–water partition coefficient (Wildman–Crippen LogP) is -2.20. The van der Waals surface area contributed by atoms with Crippen LogP contribution in [0.2, 0.25) is 0 Å². The van der Waals surface area contributed by atoms with E-state index in [1.807, 2.05) is 6.92 Å². The van der Waals surface area contributed by atoms with Crippen molar-refractivity contribution in [1.29, 1.82) is 0 Å². The normalized spacial score (nSPS) is 37.4. The van der Waals surface area contributed by atoms with Crippen LogP contribution in [-0.4, -0.2) is 194 Å². The molecule has 22 nitrogen and oxygen atoms in total. The highest BCUT2D eigenvalue weighted by Gasteiger charge is 2.64. The van der Waals surface area contributed by atoms with Gasteiger partial charge in [-0.25, -0.2) is 0 Å². The molecule has 0 aromatic carbocycles. The molecule has 4 fully saturated rings. The summed E-state index contributed by atoms with van der Waals surface area (Å²) in [6.45, 7) is 7.84. The Hall–Kier alpha value is -2.75. The lowest BCUT2D eigenvalue weighted by Gasteiger charge is -2.64. The van der Waals surface area contributed by atoms with Gasteiger partial charge in [-0.2, -0.15) is 0 Å². The number of carbonyl (C=O) groups is 1. The molecule has 4 rings (SSSR count). The minimum Gasteiger partial charge on any atom is -0.506 e. The lowest BCUT2D eigenvalue weighted by Crippen LogP contribution is -2.62. The fourth-order valence-corrected chi connectivity index (χ4v) is 10.6. The van der Waals surface area contributed by atoms with Gasteiger partial charge < -0.3 is 105 Å². The van der Waals surface area contributed by atoms with Crippen molar-refractivity contribution in [1.82, 2.24) is 0 Å². The fraction of sp³-hybridized carbons (Fsp3) is 0.837. The van der Waals surface area contributed by atoms with Crippen molar-refractivity contribution in [2.24, 2.45) is 28.1 Å². The quantitative estimate of drug-likeness (QED) is 0.0251. The molecule has 22 heteroatoms. The molecule has 1 aliphatic heterocycles. The lowest BCUT2D eigenvalue weighted by atomic mass is 9.40. The lowest BCUT2D eigenvalue weighted by molar-refractivity contribution is -0.298. The molecule has 0 aromatic rings. The topological polar surface area (TPSA) is 387 Å². The molecular weight excluding hydrogens is 868 g/mol. The monoisotopic (exact) mass is 940 g/mol. The van der Waals surface area contributed by atoms with Crippen LogP contribution in [0.15, 0.2) is 35.2 Å². The maximum atomic E-state index is 14.2. The minimum absolute atomic E-state index is 0.129. The van der Waals surface area contributed by atoms with Crippen LogP contribution in [0.1, 0.15) is 91.9 Å². The number of carbonyl (C=O) groups excluding carboxylic acids is 1. The first-order valence-corrected chi connectivity index (χ1v) is 22.0. The van der Waals surface area contributed by atoms with Crippen molar-refractivity contribution in [2.45, 2.75) is 171 Å². The molecule has 1 saturated heterocycles. The molecular formula is C43H72O22. The van der Waals surface area contributed by atoms with Crippen LogP contribution < -0.4 is 0 Å². The third kappa shape index (κ3) is 11.2. The van der Waals surface area contributed by atoms with E-state index in [4.69, 9.17) is 28.8 Å². The van der Waals surface area contributed by atoms with E-state index in [-0.39, 0.29) is 24.7 Å². The molecule has 3 saturated carbocycles. The number of fused-ring (bicyclic) bond motifs is 3. The van der Waals surface area contributed by atoms with Gasteiger partial charge in [-0.15, -0.1) is 0 Å². The third-order valence-corrected chi connectivity index (χ3v) is 14.4. The molecule has 0 spiro atoms. The van der Waals surface area contributed by atoms with Crippen LogP contribution >= 0.6 is 0 Å². The van der Waals surface area contributed by atoms with E-state index in [0.717, 1.165) is 0 Å². The second-order valence-corrected chi connectivity index (χ2v) is 18.8. The van der Waals surface area contributed by atoms with Gasteiger partial charge in [-0.05, 0) is 80.1 Å². The summed E-state index contributed by atoms with van der Waals surface area (Å²) in [5, 5.41) is 168. The molecule has 0 amide bonds. The first-order chi connectivity index (χ1) is 30.3. The summed E-state index contributed by atoms with van der Waals surface area (Å²) in [7, 11) is 0. The first-order valence-electron chi connectivity index (χ1n) is 22.0. The Morgan fingerprint density at radius 3 is 2.06 bits per heavy atom. The Morgan fingerprint density at radius 1 is 0.846 bits per heavy atom. The SMILES string of the molecule is C=C1C[C@@]2(C)CCC3[C@](C)(C(=O)OC4OC(CO)C(O)C(O)C4O)CCC[C@@]3(C)[C@@H]2CC1OC(O)/C(OC(O)(CO)C(O)C(O)CC)=C(/OC(O)/C(O)=C(/O)C(O)CCO)C(O)CCO. The number of esters is 1. The largest absolute Gasteiger partial charge is 0.506 e. The average Bonchev–Trinajstić information content (AvgIpc) is 3.26. The van der Waals surface area contributed by atoms with E-state index in [2.05, 4.69) is 13.5 Å². The zero-order valence-electron chi connectivity index (χ0n) is 37.3. The summed E-state index contributed by atoms with van der Waals surface area (Å²) >= 11 is 0. The number of hydrogen-bond donors (Lipinski definition) is 16. The summed E-state index contributed by atoms with van der Waals surface area (Å²) in [6.07, 6.45) is -20.8. The number of hydrogen-bond acceptors (Lipinski definition) is 22. The molecule has 1 heterocycles. The predicted molar refractivity (Wildman–Crippen MR) is 221 cm³/mol. The molecule has 4 aliphatic rings. The minimum atomic E-state index is -3.20. The molecule has 18 atom stereocenters. The van der Waals surface area contributed by atoms with Gasteiger partial charge in [0.2, 0.25) is 18.3 Å². The van der Waals surface area contributed by atoms with Gasteiger partial charge in [0.15, 0.2) is 17.3 Å². The average molecular weight is 941 g/mol. The van der Waals surface area contributed by atoms with E-state index < -0.39 is 164 Å². The van der Waals surface area contributed by atoms with Gasteiger partial charge in [0.1, 0.15) is 49.3 Å². The molecule has 0 bridgehead atoms. The number of aliphatic hydroxyl groups is 16. The van der Waals surface area contributed by atoms with E-state index in [1.165, 1.54) is 6.92 Å². The molecule has 3 aliphatic carbocycles. The van der Waals surface area contributed by atoms with Crippen LogP contribution in [0.3, 0.4) is 0 Å². The zero-order valence-corrected chi connectivity index (χ0v) is 37.3. The van der Waals surface area contributed by atoms with Crippen molar-refractivity contribution in [2.75, 3.05) is 26.4 Å². The van der Waals surface area contributed by atoms with E-state index >= 15 is 0 Å². The molecule has 0 radical (unpaired) electrons. The smallest absolute Gasteiger partial charge is 0.314 e. The van der Waals surface area contributed by atoms with Crippen LogP contribution in [0, 0.1) is 28.1 Å². The van der Waals surface area contributed by atoms with Crippen molar-refractivity contribution in [3.05, 3.63) is 35.2 Å².